The van der Waals surface area contributed by atoms with Crippen LogP contribution in [0, 0.1) is 5.41 Å². The third-order valence-electron chi connectivity index (χ3n) is 2.64. The van der Waals surface area contributed by atoms with E-state index >= 15 is 0 Å². The molecule has 3 nitrogen and oxygen atoms in total. The molecular formula is C14H18N2O. The van der Waals surface area contributed by atoms with Gasteiger partial charge in [0.25, 0.3) is 0 Å². The van der Waals surface area contributed by atoms with Crippen molar-refractivity contribution in [3.05, 3.63) is 29.5 Å². The molecule has 3 heteroatoms. The van der Waals surface area contributed by atoms with E-state index in [2.05, 4.69) is 49.3 Å². The molecule has 0 saturated carbocycles. The van der Waals surface area contributed by atoms with Crippen LogP contribution in [0.15, 0.2) is 18.3 Å². The number of anilines is 1. The molecule has 0 fully saturated rings. The highest BCUT2D eigenvalue weighted by Crippen LogP contribution is 2.22. The van der Waals surface area contributed by atoms with Gasteiger partial charge in [-0.3, -0.25) is 4.79 Å². The highest BCUT2D eigenvalue weighted by atomic mass is 16.1. The zero-order chi connectivity index (χ0) is 12.5. The summed E-state index contributed by atoms with van der Waals surface area (Å²) in [6, 6.07) is 2.10. The van der Waals surface area contributed by atoms with E-state index < -0.39 is 0 Å². The number of aromatic nitrogens is 1. The van der Waals surface area contributed by atoms with Gasteiger partial charge in [0, 0.05) is 12.6 Å². The number of rotatable bonds is 1. The maximum Gasteiger partial charge on any atom is 0.225 e. The molecule has 1 aromatic heterocycles. The summed E-state index contributed by atoms with van der Waals surface area (Å²) >= 11 is 0. The second-order valence-electron chi connectivity index (χ2n) is 5.52. The summed E-state index contributed by atoms with van der Waals surface area (Å²) < 4.78 is 0. The number of pyridine rings is 1. The van der Waals surface area contributed by atoms with Gasteiger partial charge in [-0.2, -0.15) is 0 Å². The average molecular weight is 230 g/mol. The Morgan fingerprint density at radius 3 is 2.82 bits per heavy atom. The molecule has 2 heterocycles. The molecule has 1 amide bonds. The number of nitrogens with one attached hydrogen (secondary N) is 1. The summed E-state index contributed by atoms with van der Waals surface area (Å²) in [6.07, 6.45) is 7.39. The highest BCUT2D eigenvalue weighted by molar-refractivity contribution is 5.92. The number of carbonyl (C=O) groups is 1. The third-order valence-corrected chi connectivity index (χ3v) is 2.64. The average Bonchev–Trinajstić information content (AvgIpc) is 2.25. The number of nitrogens with zero attached hydrogens (tertiary/aromatic N) is 1. The highest BCUT2D eigenvalue weighted by Gasteiger charge is 2.15. The maximum absolute atomic E-state index is 11.2. The minimum absolute atomic E-state index is 0.0583. The number of allylic oxidation sites excluding steroid dienone is 1. The van der Waals surface area contributed by atoms with Crippen LogP contribution in [-0.4, -0.2) is 10.9 Å². The minimum Gasteiger partial charge on any atom is -0.310 e. The van der Waals surface area contributed by atoms with Crippen LogP contribution in [0.2, 0.25) is 0 Å². The molecule has 0 unspecified atom stereocenters. The lowest BCUT2D eigenvalue weighted by Gasteiger charge is -2.16. The van der Waals surface area contributed by atoms with Crippen molar-refractivity contribution in [2.75, 3.05) is 5.32 Å². The fourth-order valence-electron chi connectivity index (χ4n) is 1.71. The molecule has 0 spiro atoms. The molecule has 17 heavy (non-hydrogen) atoms. The van der Waals surface area contributed by atoms with Gasteiger partial charge < -0.3 is 5.32 Å². The van der Waals surface area contributed by atoms with E-state index in [1.54, 1.807) is 6.20 Å². The monoisotopic (exact) mass is 230 g/mol. The Morgan fingerprint density at radius 1 is 1.35 bits per heavy atom. The van der Waals surface area contributed by atoms with Gasteiger partial charge in [0.1, 0.15) is 5.82 Å². The van der Waals surface area contributed by atoms with Crippen molar-refractivity contribution >= 4 is 17.8 Å². The Hall–Kier alpha value is -1.64. The Bertz CT molecular complexity index is 470. The van der Waals surface area contributed by atoms with Crippen molar-refractivity contribution in [1.82, 2.24) is 4.98 Å². The minimum atomic E-state index is 0.0583. The first-order valence-electron chi connectivity index (χ1n) is 5.92. The first kappa shape index (κ1) is 11.8. The zero-order valence-electron chi connectivity index (χ0n) is 10.6. The van der Waals surface area contributed by atoms with E-state index in [1.807, 2.05) is 0 Å². The Morgan fingerprint density at radius 2 is 2.12 bits per heavy atom. The van der Waals surface area contributed by atoms with E-state index in [-0.39, 0.29) is 11.3 Å². The molecule has 0 aromatic carbocycles. The lowest BCUT2D eigenvalue weighted by Crippen LogP contribution is -2.20. The Kier molecular flexibility index (Phi) is 3.01. The molecule has 1 N–H and O–H groups in total. The standard InChI is InChI=1S/C14H18N2O/c1-14(2,3)7-6-10-8-11-4-5-12(17)16-13(11)15-9-10/h6-9H,4-5H2,1-3H3,(H,15,16,17)/b7-6+. The molecule has 90 valence electrons. The smallest absolute Gasteiger partial charge is 0.225 e. The predicted molar refractivity (Wildman–Crippen MR) is 69.7 cm³/mol. The first-order valence-corrected chi connectivity index (χ1v) is 5.92. The van der Waals surface area contributed by atoms with E-state index in [0.717, 1.165) is 17.5 Å². The topological polar surface area (TPSA) is 42.0 Å². The molecule has 1 aromatic rings. The summed E-state index contributed by atoms with van der Waals surface area (Å²) in [5.74, 6) is 0.775. The third kappa shape index (κ3) is 3.16. The van der Waals surface area contributed by atoms with Gasteiger partial charge in [-0.25, -0.2) is 4.98 Å². The van der Waals surface area contributed by atoms with Crippen LogP contribution in [-0.2, 0) is 11.2 Å². The Labute approximate surface area is 102 Å². The van der Waals surface area contributed by atoms with Gasteiger partial charge in [0.15, 0.2) is 0 Å². The first-order chi connectivity index (χ1) is 7.94. The summed E-state index contributed by atoms with van der Waals surface area (Å²) in [5.41, 5.74) is 2.39. The van der Waals surface area contributed by atoms with Crippen molar-refractivity contribution in [1.29, 1.82) is 0 Å². The van der Waals surface area contributed by atoms with E-state index in [9.17, 15) is 4.79 Å². The van der Waals surface area contributed by atoms with Gasteiger partial charge in [0.2, 0.25) is 5.91 Å². The van der Waals surface area contributed by atoms with Crippen LogP contribution in [0.5, 0.6) is 0 Å². The van der Waals surface area contributed by atoms with Gasteiger partial charge in [-0.1, -0.05) is 32.9 Å². The molecule has 0 saturated heterocycles. The van der Waals surface area contributed by atoms with E-state index in [4.69, 9.17) is 0 Å². The van der Waals surface area contributed by atoms with E-state index in [1.165, 1.54) is 0 Å². The second-order valence-corrected chi connectivity index (χ2v) is 5.52. The SMILES string of the molecule is CC(C)(C)/C=C/c1cnc2c(c1)CCC(=O)N2. The number of hydrogen-bond acceptors (Lipinski definition) is 2. The van der Waals surface area contributed by atoms with Crippen LogP contribution >= 0.6 is 0 Å². The van der Waals surface area contributed by atoms with Crippen molar-refractivity contribution in [2.45, 2.75) is 33.6 Å². The molecule has 0 aliphatic carbocycles. The molecular weight excluding hydrogens is 212 g/mol. The number of amides is 1. The van der Waals surface area contributed by atoms with Crippen LogP contribution < -0.4 is 5.32 Å². The molecule has 0 atom stereocenters. The van der Waals surface area contributed by atoms with Crippen molar-refractivity contribution in [3.63, 3.8) is 0 Å². The van der Waals surface area contributed by atoms with Gasteiger partial charge in [0.05, 0.1) is 0 Å². The number of carbonyl (C=O) groups excluding carboxylic acids is 1. The Balaban J connectivity index is 2.23. The van der Waals surface area contributed by atoms with Crippen molar-refractivity contribution in [2.24, 2.45) is 5.41 Å². The summed E-state index contributed by atoms with van der Waals surface area (Å²) in [4.78, 5) is 15.5. The fraction of sp³-hybridized carbons (Fsp3) is 0.429. The predicted octanol–water partition coefficient (Wildman–Crippen LogP) is 3.03. The molecule has 0 bridgehead atoms. The lowest BCUT2D eigenvalue weighted by molar-refractivity contribution is -0.116. The van der Waals surface area contributed by atoms with Crippen LogP contribution in [0.1, 0.15) is 38.3 Å². The summed E-state index contributed by atoms with van der Waals surface area (Å²) in [5, 5.41) is 2.79. The molecule has 2 rings (SSSR count). The lowest BCUT2D eigenvalue weighted by atomic mass is 9.95. The number of aryl methyl sites for hydroxylation is 1. The zero-order valence-corrected chi connectivity index (χ0v) is 10.6. The molecule has 1 aliphatic rings. The van der Waals surface area contributed by atoms with Crippen molar-refractivity contribution < 1.29 is 4.79 Å². The van der Waals surface area contributed by atoms with Gasteiger partial charge in [-0.15, -0.1) is 0 Å². The van der Waals surface area contributed by atoms with Crippen LogP contribution in [0.3, 0.4) is 0 Å². The maximum atomic E-state index is 11.2. The fourth-order valence-corrected chi connectivity index (χ4v) is 1.71. The quantitative estimate of drug-likeness (QED) is 0.805. The molecule has 1 aliphatic heterocycles. The number of hydrogen-bond donors (Lipinski definition) is 1. The largest absolute Gasteiger partial charge is 0.310 e. The molecule has 0 radical (unpaired) electrons. The number of fused-ring (bicyclic) bond motifs is 1. The van der Waals surface area contributed by atoms with Gasteiger partial charge >= 0.3 is 0 Å². The summed E-state index contributed by atoms with van der Waals surface area (Å²) in [7, 11) is 0. The van der Waals surface area contributed by atoms with Crippen LogP contribution in [0.25, 0.3) is 6.08 Å². The van der Waals surface area contributed by atoms with E-state index in [0.29, 0.717) is 12.2 Å². The second kappa shape index (κ2) is 4.32. The normalized spacial score (nSPS) is 15.8. The van der Waals surface area contributed by atoms with Gasteiger partial charge in [-0.05, 0) is 29.0 Å². The van der Waals surface area contributed by atoms with Crippen molar-refractivity contribution in [3.8, 4) is 0 Å². The summed E-state index contributed by atoms with van der Waals surface area (Å²) in [6.45, 7) is 6.49. The van der Waals surface area contributed by atoms with Crippen LogP contribution in [0.4, 0.5) is 5.82 Å².